The van der Waals surface area contributed by atoms with Gasteiger partial charge in [-0.25, -0.2) is 0 Å². The molecule has 34 heavy (non-hydrogen) atoms. The zero-order valence-corrected chi connectivity index (χ0v) is 18.9. The second-order valence-electron chi connectivity index (χ2n) is 8.35. The second kappa shape index (κ2) is 11.8. The number of hydrogen-bond acceptors (Lipinski definition) is 5. The Hall–Kier alpha value is -3.93. The number of nitro groups is 1. The molecule has 0 amide bonds. The zero-order chi connectivity index (χ0) is 24.4. The lowest BCUT2D eigenvalue weighted by molar-refractivity contribution is -0.573. The lowest BCUT2D eigenvalue weighted by Gasteiger charge is -2.25. The van der Waals surface area contributed by atoms with Gasteiger partial charge in [0.1, 0.15) is 0 Å². The maximum absolute atomic E-state index is 12.7. The average Bonchev–Trinajstić information content (AvgIpc) is 2.89. The number of carbonyl (C=O) groups excluding carboxylic acids is 3. The lowest BCUT2D eigenvalue weighted by atomic mass is 9.81. The lowest BCUT2D eigenvalue weighted by Crippen LogP contribution is -2.40. The summed E-state index contributed by atoms with van der Waals surface area (Å²) in [5, 5.41) is 12.3. The van der Waals surface area contributed by atoms with Crippen LogP contribution in [0.2, 0.25) is 0 Å². The van der Waals surface area contributed by atoms with Crippen LogP contribution < -0.4 is 0 Å². The molecule has 0 spiro atoms. The van der Waals surface area contributed by atoms with E-state index in [0.717, 1.165) is 0 Å². The topological polar surface area (TPSA) is 94.3 Å². The molecule has 0 saturated carbocycles. The fourth-order valence-electron chi connectivity index (χ4n) is 3.99. The van der Waals surface area contributed by atoms with E-state index in [1.807, 2.05) is 0 Å². The van der Waals surface area contributed by atoms with E-state index < -0.39 is 10.5 Å². The van der Waals surface area contributed by atoms with Crippen LogP contribution in [0, 0.1) is 10.1 Å². The van der Waals surface area contributed by atoms with Crippen molar-refractivity contribution in [2.45, 2.75) is 44.1 Å². The molecule has 0 N–H and O–H groups in total. The van der Waals surface area contributed by atoms with Crippen molar-refractivity contribution in [2.75, 3.05) is 0 Å². The van der Waals surface area contributed by atoms with Crippen molar-refractivity contribution in [3.8, 4) is 0 Å². The van der Waals surface area contributed by atoms with E-state index in [4.69, 9.17) is 0 Å². The van der Waals surface area contributed by atoms with E-state index >= 15 is 0 Å². The highest BCUT2D eigenvalue weighted by atomic mass is 16.6. The summed E-state index contributed by atoms with van der Waals surface area (Å²) in [6, 6.07) is 25.9. The third-order valence-corrected chi connectivity index (χ3v) is 6.13. The Balaban J connectivity index is 1.78. The van der Waals surface area contributed by atoms with Gasteiger partial charge in [0.05, 0.1) is 0 Å². The van der Waals surface area contributed by atoms with Gasteiger partial charge < -0.3 is 0 Å². The Bertz CT molecular complexity index is 993. The average molecular weight is 458 g/mol. The molecule has 0 atom stereocenters. The van der Waals surface area contributed by atoms with Crippen molar-refractivity contribution in [3.05, 3.63) is 118 Å². The second-order valence-corrected chi connectivity index (χ2v) is 8.35. The monoisotopic (exact) mass is 457 g/mol. The van der Waals surface area contributed by atoms with Crippen molar-refractivity contribution in [3.63, 3.8) is 0 Å². The van der Waals surface area contributed by atoms with E-state index in [2.05, 4.69) is 0 Å². The van der Waals surface area contributed by atoms with E-state index in [-0.39, 0.29) is 55.9 Å². The van der Waals surface area contributed by atoms with Gasteiger partial charge in [-0.15, -0.1) is 0 Å². The van der Waals surface area contributed by atoms with Crippen LogP contribution in [0.5, 0.6) is 0 Å². The molecular weight excluding hydrogens is 430 g/mol. The summed E-state index contributed by atoms with van der Waals surface area (Å²) in [6.07, 6.45) is -0.244. The van der Waals surface area contributed by atoms with E-state index in [0.29, 0.717) is 16.7 Å². The van der Waals surface area contributed by atoms with Gasteiger partial charge in [-0.1, -0.05) is 91.0 Å². The predicted molar refractivity (Wildman–Crippen MR) is 130 cm³/mol. The molecule has 6 nitrogen and oxygen atoms in total. The minimum atomic E-state index is -1.56. The van der Waals surface area contributed by atoms with Crippen molar-refractivity contribution < 1.29 is 19.3 Å². The molecule has 0 heterocycles. The Morgan fingerprint density at radius 2 is 0.824 bits per heavy atom. The molecule has 0 fully saturated rings. The molecule has 0 bridgehead atoms. The predicted octanol–water partition coefficient (Wildman–Crippen LogP) is 5.99. The molecule has 3 aromatic rings. The molecule has 0 radical (unpaired) electrons. The summed E-state index contributed by atoms with van der Waals surface area (Å²) in [6.45, 7) is 0. The minimum absolute atomic E-state index is 0.0377. The van der Waals surface area contributed by atoms with Gasteiger partial charge in [0.2, 0.25) is 5.54 Å². The quantitative estimate of drug-likeness (QED) is 0.178. The molecule has 0 aliphatic heterocycles. The van der Waals surface area contributed by atoms with Crippen LogP contribution in [0.4, 0.5) is 0 Å². The molecule has 0 aliphatic carbocycles. The molecule has 3 rings (SSSR count). The summed E-state index contributed by atoms with van der Waals surface area (Å²) in [4.78, 5) is 50.0. The smallest absolute Gasteiger partial charge is 0.223 e. The van der Waals surface area contributed by atoms with Crippen LogP contribution in [0.25, 0.3) is 0 Å². The first-order valence-corrected chi connectivity index (χ1v) is 11.3. The first-order chi connectivity index (χ1) is 16.4. The van der Waals surface area contributed by atoms with Gasteiger partial charge in [-0.2, -0.15) is 0 Å². The largest absolute Gasteiger partial charge is 0.294 e. The molecule has 6 heteroatoms. The summed E-state index contributed by atoms with van der Waals surface area (Å²) in [5.41, 5.74) is -0.0966. The maximum Gasteiger partial charge on any atom is 0.223 e. The number of hydrogen-bond donors (Lipinski definition) is 0. The third kappa shape index (κ3) is 6.54. The zero-order valence-electron chi connectivity index (χ0n) is 18.9. The summed E-state index contributed by atoms with van der Waals surface area (Å²) in [7, 11) is 0. The Kier molecular flexibility index (Phi) is 8.57. The Labute approximate surface area is 198 Å². The van der Waals surface area contributed by atoms with Crippen LogP contribution in [0.15, 0.2) is 91.0 Å². The summed E-state index contributed by atoms with van der Waals surface area (Å²) in [5.74, 6) is -0.596. The van der Waals surface area contributed by atoms with Crippen molar-refractivity contribution >= 4 is 17.3 Å². The minimum Gasteiger partial charge on any atom is -0.294 e. The SMILES string of the molecule is O=C(CCC(CCC(=O)c1ccccc1)(CCC(=O)c1ccccc1)[N+](=O)[O-])c1ccccc1. The molecule has 0 unspecified atom stereocenters. The Morgan fingerprint density at radius 3 is 1.06 bits per heavy atom. The number of rotatable bonds is 13. The first kappa shape index (κ1) is 24.7. The van der Waals surface area contributed by atoms with Gasteiger partial charge in [0, 0.05) is 60.1 Å². The molecular formula is C28H27NO5. The number of ketones is 3. The van der Waals surface area contributed by atoms with E-state index in [9.17, 15) is 24.5 Å². The summed E-state index contributed by atoms with van der Waals surface area (Å²) < 4.78 is 0. The van der Waals surface area contributed by atoms with Crippen LogP contribution in [-0.2, 0) is 0 Å². The van der Waals surface area contributed by atoms with E-state index in [1.54, 1.807) is 91.0 Å². The molecule has 0 saturated heterocycles. The van der Waals surface area contributed by atoms with Gasteiger partial charge in [0.25, 0.3) is 0 Å². The number of benzene rings is 3. The fraction of sp³-hybridized carbons (Fsp3) is 0.250. The van der Waals surface area contributed by atoms with Crippen molar-refractivity contribution in [2.24, 2.45) is 0 Å². The Morgan fingerprint density at radius 1 is 0.559 bits per heavy atom. The molecule has 0 aromatic heterocycles. The van der Waals surface area contributed by atoms with Crippen molar-refractivity contribution in [1.29, 1.82) is 0 Å². The summed E-state index contributed by atoms with van der Waals surface area (Å²) >= 11 is 0. The standard InChI is InChI=1S/C28H27NO5/c30-25(22-10-4-1-5-11-22)16-19-28(29(33)34,20-17-26(31)23-12-6-2-7-13-23)21-18-27(32)24-14-8-3-9-15-24/h1-15H,16-21H2. The van der Waals surface area contributed by atoms with Crippen LogP contribution >= 0.6 is 0 Å². The highest BCUT2D eigenvalue weighted by molar-refractivity contribution is 5.97. The van der Waals surface area contributed by atoms with Crippen LogP contribution in [0.3, 0.4) is 0 Å². The molecule has 0 aliphatic rings. The van der Waals surface area contributed by atoms with E-state index in [1.165, 1.54) is 0 Å². The van der Waals surface area contributed by atoms with Gasteiger partial charge in [-0.05, 0) is 0 Å². The van der Waals surface area contributed by atoms with Crippen LogP contribution in [-0.4, -0.2) is 27.8 Å². The van der Waals surface area contributed by atoms with Gasteiger partial charge >= 0.3 is 0 Å². The van der Waals surface area contributed by atoms with Crippen molar-refractivity contribution in [1.82, 2.24) is 0 Å². The first-order valence-electron chi connectivity index (χ1n) is 11.3. The maximum atomic E-state index is 12.7. The highest BCUT2D eigenvalue weighted by Gasteiger charge is 2.43. The normalized spacial score (nSPS) is 11.1. The van der Waals surface area contributed by atoms with Gasteiger partial charge in [0.15, 0.2) is 17.3 Å². The highest BCUT2D eigenvalue weighted by Crippen LogP contribution is 2.31. The number of nitrogens with zero attached hydrogens (tertiary/aromatic N) is 1. The molecule has 174 valence electrons. The van der Waals surface area contributed by atoms with Gasteiger partial charge in [-0.3, -0.25) is 24.5 Å². The third-order valence-electron chi connectivity index (χ3n) is 6.13. The fourth-order valence-corrected chi connectivity index (χ4v) is 3.99. The van der Waals surface area contributed by atoms with Crippen LogP contribution in [0.1, 0.15) is 69.6 Å². The molecule has 3 aromatic carbocycles. The number of carbonyl (C=O) groups is 3. The number of Topliss-reactive ketones (excluding diaryl/α,β-unsaturated/α-hetero) is 3.